The van der Waals surface area contributed by atoms with Crippen LogP contribution in [0.3, 0.4) is 0 Å². The minimum absolute atomic E-state index is 0.751. The molecule has 0 aliphatic rings. The van der Waals surface area contributed by atoms with Gasteiger partial charge in [-0.2, -0.15) is 0 Å². The summed E-state index contributed by atoms with van der Waals surface area (Å²) in [5, 5.41) is 3.20. The molecule has 1 aromatic rings. The van der Waals surface area contributed by atoms with Crippen molar-refractivity contribution in [3.05, 3.63) is 35.4 Å². The second kappa shape index (κ2) is 8.31. The summed E-state index contributed by atoms with van der Waals surface area (Å²) in [6, 6.07) is 9.19. The number of hydrogen-bond donors (Lipinski definition) is 1. The Bertz CT molecular complexity index is 313. The van der Waals surface area contributed by atoms with Crippen LogP contribution in [0.1, 0.15) is 63.5 Å². The number of rotatable bonds is 8. The molecule has 0 spiro atoms. The van der Waals surface area contributed by atoms with E-state index in [1.54, 1.807) is 0 Å². The van der Waals surface area contributed by atoms with Crippen molar-refractivity contribution in [1.82, 2.24) is 5.32 Å². The van der Waals surface area contributed by atoms with Crippen LogP contribution in [0.4, 0.5) is 0 Å². The minimum Gasteiger partial charge on any atom is -0.316 e. The van der Waals surface area contributed by atoms with Gasteiger partial charge in [-0.1, -0.05) is 57.9 Å². The highest BCUT2D eigenvalue weighted by Gasteiger charge is 2.11. The summed E-state index contributed by atoms with van der Waals surface area (Å²) in [5.41, 5.74) is 2.90. The fourth-order valence-corrected chi connectivity index (χ4v) is 2.47. The third-order valence-electron chi connectivity index (χ3n) is 3.56. The smallest absolute Gasteiger partial charge is 0.0202 e. The van der Waals surface area contributed by atoms with Crippen LogP contribution >= 0.6 is 0 Å². The normalized spacial score (nSPS) is 12.9. The van der Waals surface area contributed by atoms with E-state index in [1.165, 1.54) is 36.8 Å². The first-order chi connectivity index (χ1) is 8.67. The van der Waals surface area contributed by atoms with Crippen molar-refractivity contribution in [1.29, 1.82) is 0 Å². The second-order valence-corrected chi connectivity index (χ2v) is 5.73. The Balaban J connectivity index is 2.65. The zero-order valence-electron chi connectivity index (χ0n) is 12.5. The Kier molecular flexibility index (Phi) is 7.04. The van der Waals surface area contributed by atoms with E-state index >= 15 is 0 Å². The van der Waals surface area contributed by atoms with E-state index in [1.807, 2.05) is 7.05 Å². The van der Waals surface area contributed by atoms with Gasteiger partial charge in [0.1, 0.15) is 0 Å². The predicted octanol–water partition coefficient (Wildman–Crippen LogP) is 4.73. The SMILES string of the molecule is CCCC(CCC(C)C)c1ccc(CNC)cc1. The molecule has 0 aliphatic carbocycles. The van der Waals surface area contributed by atoms with Gasteiger partial charge in [0.25, 0.3) is 0 Å². The molecule has 102 valence electrons. The van der Waals surface area contributed by atoms with Crippen molar-refractivity contribution in [3.63, 3.8) is 0 Å². The molecule has 0 amide bonds. The van der Waals surface area contributed by atoms with Gasteiger partial charge in [-0.15, -0.1) is 0 Å². The first-order valence-corrected chi connectivity index (χ1v) is 7.40. The average Bonchev–Trinajstić information content (AvgIpc) is 2.36. The second-order valence-electron chi connectivity index (χ2n) is 5.73. The Labute approximate surface area is 113 Å². The van der Waals surface area contributed by atoms with Crippen LogP contribution in [0.15, 0.2) is 24.3 Å². The third-order valence-corrected chi connectivity index (χ3v) is 3.56. The van der Waals surface area contributed by atoms with E-state index in [0.717, 1.165) is 18.4 Å². The molecule has 0 bridgehead atoms. The van der Waals surface area contributed by atoms with Crippen LogP contribution in [0.25, 0.3) is 0 Å². The molecule has 0 aromatic heterocycles. The minimum atomic E-state index is 0.751. The standard InChI is InChI=1S/C17H29N/c1-5-6-16(10-7-14(2)3)17-11-8-15(9-12-17)13-18-4/h8-9,11-12,14,16,18H,5-7,10,13H2,1-4H3. The van der Waals surface area contributed by atoms with E-state index in [9.17, 15) is 0 Å². The molecule has 0 aliphatic heterocycles. The first kappa shape index (κ1) is 15.2. The largest absolute Gasteiger partial charge is 0.316 e. The van der Waals surface area contributed by atoms with E-state index < -0.39 is 0 Å². The maximum Gasteiger partial charge on any atom is 0.0202 e. The van der Waals surface area contributed by atoms with Gasteiger partial charge >= 0.3 is 0 Å². The molecular formula is C17H29N. The van der Waals surface area contributed by atoms with Gasteiger partial charge in [0, 0.05) is 6.54 Å². The highest BCUT2D eigenvalue weighted by atomic mass is 14.8. The number of benzene rings is 1. The van der Waals surface area contributed by atoms with Gasteiger partial charge in [-0.25, -0.2) is 0 Å². The van der Waals surface area contributed by atoms with Gasteiger partial charge in [-0.05, 0) is 42.9 Å². The lowest BCUT2D eigenvalue weighted by Crippen LogP contribution is -2.06. The Morgan fingerprint density at radius 3 is 2.17 bits per heavy atom. The zero-order valence-corrected chi connectivity index (χ0v) is 12.5. The molecule has 1 nitrogen and oxygen atoms in total. The van der Waals surface area contributed by atoms with Gasteiger partial charge in [-0.3, -0.25) is 0 Å². The van der Waals surface area contributed by atoms with Crippen LogP contribution in [-0.4, -0.2) is 7.05 Å². The van der Waals surface area contributed by atoms with Gasteiger partial charge in [0.15, 0.2) is 0 Å². The van der Waals surface area contributed by atoms with Crippen LogP contribution < -0.4 is 5.32 Å². The fourth-order valence-electron chi connectivity index (χ4n) is 2.47. The molecule has 1 aromatic carbocycles. The monoisotopic (exact) mass is 247 g/mol. The molecule has 1 heteroatoms. The molecule has 0 fully saturated rings. The first-order valence-electron chi connectivity index (χ1n) is 7.40. The van der Waals surface area contributed by atoms with Crippen molar-refractivity contribution in [3.8, 4) is 0 Å². The summed E-state index contributed by atoms with van der Waals surface area (Å²) < 4.78 is 0. The highest BCUT2D eigenvalue weighted by molar-refractivity contribution is 5.25. The molecular weight excluding hydrogens is 218 g/mol. The molecule has 1 unspecified atom stereocenters. The molecule has 1 rings (SSSR count). The van der Waals surface area contributed by atoms with Crippen molar-refractivity contribution >= 4 is 0 Å². The van der Waals surface area contributed by atoms with E-state index in [-0.39, 0.29) is 0 Å². The lowest BCUT2D eigenvalue weighted by molar-refractivity contribution is 0.478. The van der Waals surface area contributed by atoms with Gasteiger partial charge < -0.3 is 5.32 Å². The molecule has 0 radical (unpaired) electrons. The fraction of sp³-hybridized carbons (Fsp3) is 0.647. The third kappa shape index (κ3) is 5.22. The predicted molar refractivity (Wildman–Crippen MR) is 80.9 cm³/mol. The van der Waals surface area contributed by atoms with E-state index in [4.69, 9.17) is 0 Å². The van der Waals surface area contributed by atoms with Crippen molar-refractivity contribution in [2.75, 3.05) is 7.05 Å². The van der Waals surface area contributed by atoms with E-state index in [0.29, 0.717) is 0 Å². The highest BCUT2D eigenvalue weighted by Crippen LogP contribution is 2.28. The molecule has 1 N–H and O–H groups in total. The van der Waals surface area contributed by atoms with Crippen molar-refractivity contribution in [2.45, 2.75) is 58.9 Å². The summed E-state index contributed by atoms with van der Waals surface area (Å²) in [4.78, 5) is 0. The summed E-state index contributed by atoms with van der Waals surface area (Å²) in [7, 11) is 2.00. The summed E-state index contributed by atoms with van der Waals surface area (Å²) in [5.74, 6) is 1.56. The summed E-state index contributed by atoms with van der Waals surface area (Å²) in [6.45, 7) is 7.89. The van der Waals surface area contributed by atoms with Crippen molar-refractivity contribution < 1.29 is 0 Å². The maximum atomic E-state index is 3.20. The lowest BCUT2D eigenvalue weighted by atomic mass is 9.87. The summed E-state index contributed by atoms with van der Waals surface area (Å²) >= 11 is 0. The Hall–Kier alpha value is -0.820. The average molecular weight is 247 g/mol. The lowest BCUT2D eigenvalue weighted by Gasteiger charge is -2.18. The number of hydrogen-bond acceptors (Lipinski definition) is 1. The van der Waals surface area contributed by atoms with Gasteiger partial charge in [0.2, 0.25) is 0 Å². The molecule has 18 heavy (non-hydrogen) atoms. The van der Waals surface area contributed by atoms with Crippen LogP contribution in [0.5, 0.6) is 0 Å². The van der Waals surface area contributed by atoms with Crippen molar-refractivity contribution in [2.24, 2.45) is 5.92 Å². The molecule has 0 heterocycles. The van der Waals surface area contributed by atoms with Gasteiger partial charge in [0.05, 0.1) is 0 Å². The van der Waals surface area contributed by atoms with E-state index in [2.05, 4.69) is 50.4 Å². The quantitative estimate of drug-likeness (QED) is 0.700. The Morgan fingerprint density at radius 1 is 1.00 bits per heavy atom. The molecule has 1 atom stereocenters. The van der Waals surface area contributed by atoms with Crippen LogP contribution in [-0.2, 0) is 6.54 Å². The molecule has 0 saturated heterocycles. The number of nitrogens with one attached hydrogen (secondary N) is 1. The topological polar surface area (TPSA) is 12.0 Å². The zero-order chi connectivity index (χ0) is 13.4. The van der Waals surface area contributed by atoms with Crippen LogP contribution in [0, 0.1) is 5.92 Å². The van der Waals surface area contributed by atoms with Crippen LogP contribution in [0.2, 0.25) is 0 Å². The Morgan fingerprint density at radius 2 is 1.67 bits per heavy atom. The summed E-state index contributed by atoms with van der Waals surface area (Å²) in [6.07, 6.45) is 5.26. The molecule has 0 saturated carbocycles. The maximum absolute atomic E-state index is 3.20.